The summed E-state index contributed by atoms with van der Waals surface area (Å²) in [6.07, 6.45) is 0. The molecule has 0 aliphatic rings. The molecule has 0 aliphatic heterocycles. The zero-order valence-electron chi connectivity index (χ0n) is 53.3. The molecule has 28 heteroatoms. The Bertz CT molecular complexity index is 4420. The van der Waals surface area contributed by atoms with E-state index in [4.69, 9.17) is 0 Å². The molecule has 1 nitrogen and oxygen atoms in total. The van der Waals surface area contributed by atoms with E-state index < -0.39 is 0 Å². The van der Waals surface area contributed by atoms with Gasteiger partial charge in [0, 0.05) is 31.8 Å². The van der Waals surface area contributed by atoms with Gasteiger partial charge in [-0.2, -0.15) is 0 Å². The normalized spacial score (nSPS) is 11.7. The van der Waals surface area contributed by atoms with Crippen LogP contribution in [0.3, 0.4) is 0 Å². The Morgan fingerprint density at radius 1 is 0.278 bits per heavy atom. The summed E-state index contributed by atoms with van der Waals surface area (Å²) in [4.78, 5) is 2.74. The van der Waals surface area contributed by atoms with Gasteiger partial charge in [-0.25, -0.2) is 0 Å². The van der Waals surface area contributed by atoms with Gasteiger partial charge in [-0.3, -0.25) is 0 Å². The molecule has 0 N–H and O–H groups in total. The van der Waals surface area contributed by atoms with E-state index in [-0.39, 0.29) is 0 Å². The first-order valence-electron chi connectivity index (χ1n) is 29.0. The number of hydrogen-bond donors (Lipinski definition) is 0. The predicted molar refractivity (Wildman–Crippen MR) is 443 cm³/mol. The van der Waals surface area contributed by atoms with Crippen LogP contribution in [0.15, 0.2) is 36.4 Å². The van der Waals surface area contributed by atoms with Gasteiger partial charge in [0.25, 0.3) is 0 Å². The van der Waals surface area contributed by atoms with E-state index in [0.717, 1.165) is 0 Å². The molecule has 0 radical (unpaired) electrons. The number of anilines is 3. The van der Waals surface area contributed by atoms with Crippen LogP contribution in [-0.4, -0.2) is 204 Å². The van der Waals surface area contributed by atoms with Gasteiger partial charge in [0.15, 0.2) is 0 Å². The largest absolute Gasteiger partial charge is 0.311 e. The number of hydrogen-bond acceptors (Lipinski definition) is 2. The highest BCUT2D eigenvalue weighted by molar-refractivity contribution is 7.28. The number of thiophene rings is 1. The molecule has 9 aromatic carbocycles. The molecule has 0 bridgehead atoms. The van der Waals surface area contributed by atoms with Gasteiger partial charge >= 0.3 is 0 Å². The monoisotopic (exact) mass is 1010 g/mol. The predicted octanol–water partition coefficient (Wildman–Crippen LogP) is -30.1. The highest BCUT2D eigenvalue weighted by Gasteiger charge is 2.30. The van der Waals surface area contributed by atoms with Crippen molar-refractivity contribution >= 4 is 416 Å². The molecule has 0 unspecified atom stereocenters. The second-order valence-corrected chi connectivity index (χ2v) is 25.9. The average Bonchev–Trinajstić information content (AvgIpc) is 4.09. The molecule has 0 atom stereocenters. The molecule has 1 heterocycles. The van der Waals surface area contributed by atoms with Crippen LogP contribution in [0.1, 0.15) is 5.56 Å². The fourth-order valence-electron chi connectivity index (χ4n) is 14.4. The first-order chi connectivity index (χ1) is 37.0. The zero-order valence-corrected chi connectivity index (χ0v) is 54.1. The van der Waals surface area contributed by atoms with E-state index in [9.17, 15) is 0 Å². The van der Waals surface area contributed by atoms with Crippen LogP contribution in [0.2, 0.25) is 0 Å². The average molecular weight is 1000 g/mol. The summed E-state index contributed by atoms with van der Waals surface area (Å²) in [5.74, 6) is 0. The van der Waals surface area contributed by atoms with E-state index >= 15 is 0 Å². The first-order valence-corrected chi connectivity index (χ1v) is 29.9. The van der Waals surface area contributed by atoms with Crippen molar-refractivity contribution in [3.8, 4) is 33.4 Å². The second kappa shape index (κ2) is 20.3. The van der Waals surface area contributed by atoms with Crippen LogP contribution in [0, 0.1) is 6.92 Å². The maximum atomic E-state index is 2.74. The molecule has 0 amide bonds. The number of benzene rings is 9. The molecule has 0 fully saturated rings. The minimum absolute atomic E-state index is 1.19. The van der Waals surface area contributed by atoms with E-state index in [2.05, 4.69) is 252 Å². The second-order valence-electron chi connectivity index (χ2n) is 24.9. The van der Waals surface area contributed by atoms with Crippen LogP contribution in [-0.2, 0) is 0 Å². The molecule has 0 spiro atoms. The van der Waals surface area contributed by atoms with Crippen LogP contribution in [0.4, 0.5) is 17.1 Å². The van der Waals surface area contributed by atoms with Crippen molar-refractivity contribution in [1.29, 1.82) is 0 Å². The molecular formula is C51H61B26NS. The summed E-state index contributed by atoms with van der Waals surface area (Å²) in [7, 11) is 61.1. The summed E-state index contributed by atoms with van der Waals surface area (Å²) in [5.41, 5.74) is 48.8. The Morgan fingerprint density at radius 3 is 1.35 bits per heavy atom. The van der Waals surface area contributed by atoms with E-state index in [0.29, 0.717) is 0 Å². The third-order valence-corrected chi connectivity index (χ3v) is 22.9. The van der Waals surface area contributed by atoms with Gasteiger partial charge in [-0.05, 0) is 90.9 Å². The highest BCUT2D eigenvalue weighted by atomic mass is 32.1. The minimum Gasteiger partial charge on any atom is -0.311 e. The van der Waals surface area contributed by atoms with Crippen LogP contribution in [0.5, 0.6) is 0 Å². The lowest BCUT2D eigenvalue weighted by molar-refractivity contribution is 1.34. The number of rotatable bonds is 6. The van der Waals surface area contributed by atoms with Gasteiger partial charge in [-0.15, -0.1) is 60.5 Å². The van der Waals surface area contributed by atoms with Crippen molar-refractivity contribution in [3.05, 3.63) is 42.0 Å². The Morgan fingerprint density at radius 2 is 0.747 bits per heavy atom. The van der Waals surface area contributed by atoms with Crippen molar-refractivity contribution in [2.24, 2.45) is 0 Å². The maximum Gasteiger partial charge on any atom is 0.143 e. The van der Waals surface area contributed by atoms with E-state index in [1.54, 1.807) is 0 Å². The lowest BCUT2D eigenvalue weighted by Crippen LogP contribution is -2.55. The van der Waals surface area contributed by atoms with E-state index in [1.165, 1.54) is 240 Å². The summed E-state index contributed by atoms with van der Waals surface area (Å²) in [6, 6.07) is 15.2. The Hall–Kier alpha value is -4.79. The molecule has 0 saturated heterocycles. The Labute approximate surface area is 499 Å². The Kier molecular flexibility index (Phi) is 14.7. The van der Waals surface area contributed by atoms with Crippen molar-refractivity contribution in [2.45, 2.75) is 6.92 Å². The highest BCUT2D eigenvalue weighted by Crippen LogP contribution is 2.43. The molecule has 0 aliphatic carbocycles. The maximum absolute atomic E-state index is 2.74. The fourth-order valence-corrected chi connectivity index (χ4v) is 15.9. The van der Waals surface area contributed by atoms with E-state index in [1.807, 2.05) is 11.3 Å². The summed E-state index contributed by atoms with van der Waals surface area (Å²) < 4.78 is 2.79. The van der Waals surface area contributed by atoms with Gasteiger partial charge < -0.3 is 4.90 Å². The smallest absolute Gasteiger partial charge is 0.143 e. The summed E-state index contributed by atoms with van der Waals surface area (Å²) in [5, 5.41) is 8.11. The third kappa shape index (κ3) is 8.32. The Balaban J connectivity index is 1.42. The number of fused-ring (bicyclic) bond motifs is 5. The van der Waals surface area contributed by atoms with Crippen molar-refractivity contribution < 1.29 is 0 Å². The van der Waals surface area contributed by atoms with Crippen LogP contribution < -0.4 is 147 Å². The zero-order chi connectivity index (χ0) is 57.9. The summed E-state index contributed by atoms with van der Waals surface area (Å²) >= 11 is 2.01. The standard InChI is InChI=1S/C51H61B26NS/c1-8-20(35(64)43(72)41(70)27(8)56)25-34(63)26-24-15(52)7-19(33(62)50(24)79-51(26)48(77)40(25)69)78(9-2-11(10-4-16(53)30(59)28(57)12(10)3-9)23-38(67)44(73)46(75)45(74)39(23)68)49-14-6-18(55)31(60)36(65)22(14)21(37(66)47(49)76)13-5-17(54)32(61)42(71)29(13)58/h2-7H,52-77H2,1H3. The van der Waals surface area contributed by atoms with Crippen LogP contribution >= 0.6 is 11.3 Å². The summed E-state index contributed by atoms with van der Waals surface area (Å²) in [6.45, 7) is 2.35. The van der Waals surface area contributed by atoms with Gasteiger partial charge in [0.2, 0.25) is 0 Å². The van der Waals surface area contributed by atoms with Gasteiger partial charge in [-0.1, -0.05) is 111 Å². The molecule has 10 rings (SSSR count). The molecular weight excluding hydrogens is 940 g/mol. The SMILES string of the molecule is Bc1cc(-c2c(B)c(B)c(N(c3cc(-c4c(B)c(B)c(B)c(B)c4B)c4cc(B)c(B)c(B)c4c3)c3cc(B)c4c(sc5c(B)c(B)c(-c6c(B)c(B)c(B)c(B)c6C)c(B)c54)c3B)c3cc(B)c(B)c(B)c23)c(B)c(B)c1B. The van der Waals surface area contributed by atoms with Crippen molar-refractivity contribution in [3.63, 3.8) is 0 Å². The first kappa shape index (κ1) is 57.4. The topological polar surface area (TPSA) is 3.24 Å². The van der Waals surface area contributed by atoms with Gasteiger partial charge in [0.05, 0.1) is 0 Å². The third-order valence-electron chi connectivity index (χ3n) is 21.4. The molecule has 1 aromatic heterocycles. The number of nitrogens with zero attached hydrogens (tertiary/aromatic N) is 1. The quantitative estimate of drug-likeness (QED) is 0.150. The minimum atomic E-state index is 1.19. The lowest BCUT2D eigenvalue weighted by atomic mass is 9.59. The molecule has 79 heavy (non-hydrogen) atoms. The fraction of sp³-hybridized carbons (Fsp3) is 0.0196. The molecule has 354 valence electrons. The molecule has 0 saturated carbocycles. The molecule has 10 aromatic rings. The van der Waals surface area contributed by atoms with Gasteiger partial charge in [0.1, 0.15) is 204 Å². The lowest BCUT2D eigenvalue weighted by Gasteiger charge is -2.35. The van der Waals surface area contributed by atoms with Crippen molar-refractivity contribution in [1.82, 2.24) is 0 Å². The van der Waals surface area contributed by atoms with Crippen molar-refractivity contribution in [2.75, 3.05) is 4.90 Å². The van der Waals surface area contributed by atoms with Crippen LogP contribution in [0.25, 0.3) is 75.1 Å².